The van der Waals surface area contributed by atoms with Crippen LogP contribution in [-0.2, 0) is 30.9 Å². The number of nitrogens with one attached hydrogen (secondary N) is 1. The Morgan fingerprint density at radius 2 is 2.19 bits per heavy atom. The van der Waals surface area contributed by atoms with Crippen molar-refractivity contribution >= 4 is 21.6 Å². The number of rotatable bonds is 4. The van der Waals surface area contributed by atoms with Gasteiger partial charge in [-0.15, -0.1) is 11.3 Å². The number of fused-ring (bicyclic) bond motifs is 3. The minimum absolute atomic E-state index is 0.141. The highest BCUT2D eigenvalue weighted by molar-refractivity contribution is 7.18. The zero-order chi connectivity index (χ0) is 18.5. The monoisotopic (exact) mass is 375 g/mol. The van der Waals surface area contributed by atoms with Gasteiger partial charge in [-0.05, 0) is 31.5 Å². The molecule has 2 N–H and O–H groups in total. The van der Waals surface area contributed by atoms with E-state index in [0.717, 1.165) is 20.7 Å². The Bertz CT molecular complexity index is 1070. The van der Waals surface area contributed by atoms with Gasteiger partial charge < -0.3 is 14.3 Å². The second kappa shape index (κ2) is 6.22. The molecule has 0 saturated heterocycles. The first-order valence-corrected chi connectivity index (χ1v) is 9.32. The number of ether oxygens (including phenoxy) is 1. The lowest BCUT2D eigenvalue weighted by molar-refractivity contribution is -0.0379. The van der Waals surface area contributed by atoms with Crippen molar-refractivity contribution in [3.05, 3.63) is 50.6 Å². The Labute approximate surface area is 153 Å². The lowest BCUT2D eigenvalue weighted by Crippen LogP contribution is -2.41. The molecule has 138 valence electrons. The number of furan rings is 1. The number of aliphatic hydroxyl groups excluding tert-OH is 1. The van der Waals surface area contributed by atoms with Gasteiger partial charge >= 0.3 is 5.69 Å². The molecule has 0 amide bonds. The van der Waals surface area contributed by atoms with E-state index in [1.165, 1.54) is 15.9 Å². The zero-order valence-corrected chi connectivity index (χ0v) is 15.6. The minimum Gasteiger partial charge on any atom is -0.467 e. The number of aliphatic hydroxyl groups is 1. The Balaban J connectivity index is 2.01. The maximum absolute atomic E-state index is 13.0. The second-order valence-electron chi connectivity index (χ2n) is 7.08. The molecule has 7 nitrogen and oxygen atoms in total. The molecule has 1 aliphatic heterocycles. The van der Waals surface area contributed by atoms with Crippen LogP contribution in [0.5, 0.6) is 0 Å². The molecule has 0 unspecified atom stereocenters. The van der Waals surface area contributed by atoms with Crippen molar-refractivity contribution in [3.8, 4) is 0 Å². The van der Waals surface area contributed by atoms with Gasteiger partial charge in [0.1, 0.15) is 16.1 Å². The molecule has 0 spiro atoms. The molecule has 0 radical (unpaired) electrons. The molecule has 4 rings (SSSR count). The third kappa shape index (κ3) is 2.74. The molecule has 0 fully saturated rings. The zero-order valence-electron chi connectivity index (χ0n) is 14.7. The third-order valence-corrected chi connectivity index (χ3v) is 5.93. The van der Waals surface area contributed by atoms with Gasteiger partial charge in [0, 0.05) is 11.3 Å². The number of aromatic nitrogens is 2. The standard InChI is InChI=1S/C18H21N3O4S/c1-18(2)8-12-13(10-25-18)26-16-14(12)15(19)21(9-11-4-3-7-24-11)17(23)20(16)5-6-22/h3-4,7,19,22H,5-6,8-10H2,1-2H3. The van der Waals surface area contributed by atoms with Gasteiger partial charge in [0.25, 0.3) is 0 Å². The molecule has 26 heavy (non-hydrogen) atoms. The molecule has 0 bridgehead atoms. The van der Waals surface area contributed by atoms with Gasteiger partial charge in [-0.3, -0.25) is 14.5 Å². The first-order chi connectivity index (χ1) is 12.4. The summed E-state index contributed by atoms with van der Waals surface area (Å²) in [5, 5.41) is 18.9. The smallest absolute Gasteiger partial charge is 0.331 e. The molecule has 1 aliphatic rings. The van der Waals surface area contributed by atoms with Crippen LogP contribution in [0.25, 0.3) is 10.2 Å². The predicted octanol–water partition coefficient (Wildman–Crippen LogP) is 1.83. The van der Waals surface area contributed by atoms with Gasteiger partial charge in [0.2, 0.25) is 0 Å². The fourth-order valence-corrected chi connectivity index (χ4v) is 4.69. The highest BCUT2D eigenvalue weighted by Gasteiger charge is 2.31. The third-order valence-electron chi connectivity index (χ3n) is 4.70. The average Bonchev–Trinajstić information content (AvgIpc) is 3.22. The van der Waals surface area contributed by atoms with E-state index in [9.17, 15) is 9.90 Å². The fraction of sp³-hybridized carbons (Fsp3) is 0.444. The number of thiophene rings is 1. The van der Waals surface area contributed by atoms with E-state index >= 15 is 0 Å². The molecule has 0 saturated carbocycles. The SMILES string of the molecule is CC1(C)Cc2c(sc3c2c(=N)n(Cc2ccco2)c(=O)n3CCO)CO1. The predicted molar refractivity (Wildman–Crippen MR) is 97.4 cm³/mol. The highest BCUT2D eigenvalue weighted by Crippen LogP contribution is 2.37. The van der Waals surface area contributed by atoms with E-state index in [4.69, 9.17) is 14.6 Å². The van der Waals surface area contributed by atoms with Crippen LogP contribution in [0.15, 0.2) is 27.6 Å². The van der Waals surface area contributed by atoms with Crippen LogP contribution in [0.4, 0.5) is 0 Å². The van der Waals surface area contributed by atoms with Gasteiger partial charge in [-0.1, -0.05) is 0 Å². The molecule has 3 aromatic heterocycles. The normalized spacial score (nSPS) is 16.1. The van der Waals surface area contributed by atoms with Crippen LogP contribution in [0.2, 0.25) is 0 Å². The Kier molecular flexibility index (Phi) is 4.13. The van der Waals surface area contributed by atoms with Crippen molar-refractivity contribution in [1.82, 2.24) is 9.13 Å². The first kappa shape index (κ1) is 17.3. The lowest BCUT2D eigenvalue weighted by Gasteiger charge is -2.30. The largest absolute Gasteiger partial charge is 0.467 e. The summed E-state index contributed by atoms with van der Waals surface area (Å²) in [5.41, 5.74) is 0.640. The Morgan fingerprint density at radius 3 is 2.88 bits per heavy atom. The summed E-state index contributed by atoms with van der Waals surface area (Å²) in [6.45, 7) is 4.78. The second-order valence-corrected chi connectivity index (χ2v) is 8.16. The van der Waals surface area contributed by atoms with Crippen molar-refractivity contribution in [2.45, 2.75) is 45.6 Å². The lowest BCUT2D eigenvalue weighted by atomic mass is 9.94. The Morgan fingerprint density at radius 1 is 1.38 bits per heavy atom. The van der Waals surface area contributed by atoms with Crippen LogP contribution in [-0.4, -0.2) is 26.4 Å². The van der Waals surface area contributed by atoms with Crippen molar-refractivity contribution in [1.29, 1.82) is 5.41 Å². The summed E-state index contributed by atoms with van der Waals surface area (Å²) >= 11 is 1.48. The summed E-state index contributed by atoms with van der Waals surface area (Å²) in [6, 6.07) is 3.54. The quantitative estimate of drug-likeness (QED) is 0.727. The maximum atomic E-state index is 13.0. The van der Waals surface area contributed by atoms with Crippen molar-refractivity contribution in [2.75, 3.05) is 6.61 Å². The summed E-state index contributed by atoms with van der Waals surface area (Å²) in [7, 11) is 0. The molecule has 3 aromatic rings. The number of hydrogen-bond acceptors (Lipinski definition) is 6. The summed E-state index contributed by atoms with van der Waals surface area (Å²) < 4.78 is 14.2. The van der Waals surface area contributed by atoms with Gasteiger partial charge in [-0.2, -0.15) is 0 Å². The van der Waals surface area contributed by atoms with Gasteiger partial charge in [-0.25, -0.2) is 4.79 Å². The molecule has 0 aliphatic carbocycles. The summed E-state index contributed by atoms with van der Waals surface area (Å²) in [5.74, 6) is 0.614. The van der Waals surface area contributed by atoms with Crippen LogP contribution < -0.4 is 11.2 Å². The van der Waals surface area contributed by atoms with Crippen LogP contribution >= 0.6 is 11.3 Å². The molecule has 8 heteroatoms. The van der Waals surface area contributed by atoms with Gasteiger partial charge in [0.15, 0.2) is 0 Å². The molecule has 0 aromatic carbocycles. The Hall–Kier alpha value is -2.16. The average molecular weight is 375 g/mol. The molecule has 4 heterocycles. The molecular formula is C18H21N3O4S. The minimum atomic E-state index is -0.313. The van der Waals surface area contributed by atoms with Gasteiger partial charge in [0.05, 0.1) is 43.6 Å². The van der Waals surface area contributed by atoms with Crippen molar-refractivity contribution < 1.29 is 14.3 Å². The van der Waals surface area contributed by atoms with E-state index < -0.39 is 0 Å². The summed E-state index contributed by atoms with van der Waals surface area (Å²) in [4.78, 5) is 14.8. The van der Waals surface area contributed by atoms with E-state index in [-0.39, 0.29) is 36.5 Å². The number of nitrogens with zero attached hydrogens (tertiary/aromatic N) is 2. The fourth-order valence-electron chi connectivity index (χ4n) is 3.44. The van der Waals surface area contributed by atoms with Crippen LogP contribution in [0, 0.1) is 5.41 Å². The van der Waals surface area contributed by atoms with Crippen LogP contribution in [0.3, 0.4) is 0 Å². The van der Waals surface area contributed by atoms with E-state index in [2.05, 4.69) is 0 Å². The summed E-state index contributed by atoms with van der Waals surface area (Å²) in [6.07, 6.45) is 2.24. The van der Waals surface area contributed by atoms with E-state index in [0.29, 0.717) is 18.8 Å². The highest BCUT2D eigenvalue weighted by atomic mass is 32.1. The molecule has 0 atom stereocenters. The number of hydrogen-bond donors (Lipinski definition) is 2. The first-order valence-electron chi connectivity index (χ1n) is 8.51. The van der Waals surface area contributed by atoms with Crippen LogP contribution in [0.1, 0.15) is 30.0 Å². The maximum Gasteiger partial charge on any atom is 0.331 e. The van der Waals surface area contributed by atoms with E-state index in [1.54, 1.807) is 23.0 Å². The topological polar surface area (TPSA) is 93.4 Å². The van der Waals surface area contributed by atoms with Crippen molar-refractivity contribution in [2.24, 2.45) is 0 Å². The van der Waals surface area contributed by atoms with E-state index in [1.807, 2.05) is 13.8 Å². The molecular weight excluding hydrogens is 354 g/mol. The van der Waals surface area contributed by atoms with Crippen molar-refractivity contribution in [3.63, 3.8) is 0 Å².